The van der Waals surface area contributed by atoms with E-state index >= 15 is 0 Å². The van der Waals surface area contributed by atoms with Gasteiger partial charge in [0, 0.05) is 10.5 Å². The van der Waals surface area contributed by atoms with Gasteiger partial charge in [-0.25, -0.2) is 0 Å². The second-order valence-electron chi connectivity index (χ2n) is 5.17. The Labute approximate surface area is 132 Å². The highest BCUT2D eigenvalue weighted by molar-refractivity contribution is 8.00. The molecule has 0 spiro atoms. The van der Waals surface area contributed by atoms with Gasteiger partial charge in [-0.3, -0.25) is 9.59 Å². The fourth-order valence-electron chi connectivity index (χ4n) is 2.24. The molecule has 2 heterocycles. The molecular weight excluding hydrogens is 300 g/mol. The van der Waals surface area contributed by atoms with Gasteiger partial charge < -0.3 is 15.1 Å². The van der Waals surface area contributed by atoms with Crippen molar-refractivity contribution in [2.45, 2.75) is 30.0 Å². The van der Waals surface area contributed by atoms with E-state index in [1.807, 2.05) is 26.0 Å². The maximum atomic E-state index is 12.3. The molecule has 1 aromatic carbocycles. The average molecular weight is 316 g/mol. The number of rotatable bonds is 3. The second kappa shape index (κ2) is 5.88. The first kappa shape index (κ1) is 14.7. The largest absolute Gasteiger partial charge is 0.467 e. The first-order chi connectivity index (χ1) is 10.5. The number of anilines is 1. The number of hydrogen-bond donors (Lipinski definition) is 2. The smallest absolute Gasteiger partial charge is 0.251 e. The predicted octanol–water partition coefficient (Wildman–Crippen LogP) is 3.20. The van der Waals surface area contributed by atoms with Crippen molar-refractivity contribution in [1.29, 1.82) is 0 Å². The zero-order valence-corrected chi connectivity index (χ0v) is 13.1. The van der Waals surface area contributed by atoms with Crippen LogP contribution in [0.15, 0.2) is 45.9 Å². The van der Waals surface area contributed by atoms with Crippen molar-refractivity contribution in [2.75, 3.05) is 5.32 Å². The van der Waals surface area contributed by atoms with E-state index in [9.17, 15) is 9.59 Å². The van der Waals surface area contributed by atoms with Crippen LogP contribution in [0.25, 0.3) is 0 Å². The van der Waals surface area contributed by atoms with Gasteiger partial charge in [0.05, 0.1) is 23.2 Å². The van der Waals surface area contributed by atoms with E-state index in [-0.39, 0.29) is 23.1 Å². The summed E-state index contributed by atoms with van der Waals surface area (Å²) in [6, 6.07) is 8.71. The third kappa shape index (κ3) is 2.87. The van der Waals surface area contributed by atoms with Crippen LogP contribution in [0.4, 0.5) is 5.69 Å². The molecule has 1 aromatic heterocycles. The van der Waals surface area contributed by atoms with E-state index in [0.29, 0.717) is 17.0 Å². The van der Waals surface area contributed by atoms with Crippen molar-refractivity contribution in [3.05, 3.63) is 47.9 Å². The monoisotopic (exact) mass is 316 g/mol. The van der Waals surface area contributed by atoms with Crippen molar-refractivity contribution >= 4 is 29.3 Å². The molecule has 1 aliphatic rings. The first-order valence-corrected chi connectivity index (χ1v) is 7.88. The van der Waals surface area contributed by atoms with Crippen LogP contribution in [0, 0.1) is 0 Å². The van der Waals surface area contributed by atoms with Crippen LogP contribution in [0.1, 0.15) is 36.0 Å². The molecule has 3 rings (SSSR count). The van der Waals surface area contributed by atoms with Crippen LogP contribution >= 0.6 is 11.8 Å². The standard InChI is InChI=1S/C16H16N2O3S/c1-9(13-4-3-7-21-13)17-16(20)11-5-6-14-12(8-11)18-15(19)10(2)22-14/h3-10H,1-2H3,(H,17,20)(H,18,19). The van der Waals surface area contributed by atoms with Gasteiger partial charge in [-0.2, -0.15) is 0 Å². The lowest BCUT2D eigenvalue weighted by molar-refractivity contribution is -0.115. The van der Waals surface area contributed by atoms with E-state index in [2.05, 4.69) is 10.6 Å². The van der Waals surface area contributed by atoms with Gasteiger partial charge in [0.15, 0.2) is 0 Å². The number of furan rings is 1. The predicted molar refractivity (Wildman–Crippen MR) is 85.0 cm³/mol. The number of amides is 2. The second-order valence-corrected chi connectivity index (χ2v) is 6.55. The van der Waals surface area contributed by atoms with E-state index in [1.165, 1.54) is 11.8 Å². The molecule has 2 atom stereocenters. The highest BCUT2D eigenvalue weighted by Gasteiger charge is 2.24. The third-order valence-corrected chi connectivity index (χ3v) is 4.67. The van der Waals surface area contributed by atoms with Crippen LogP contribution in [-0.4, -0.2) is 17.1 Å². The summed E-state index contributed by atoms with van der Waals surface area (Å²) in [7, 11) is 0. The lowest BCUT2D eigenvalue weighted by Crippen LogP contribution is -2.28. The van der Waals surface area contributed by atoms with Crippen molar-refractivity contribution in [3.63, 3.8) is 0 Å². The highest BCUT2D eigenvalue weighted by atomic mass is 32.2. The van der Waals surface area contributed by atoms with Crippen LogP contribution in [0.3, 0.4) is 0 Å². The maximum absolute atomic E-state index is 12.3. The summed E-state index contributed by atoms with van der Waals surface area (Å²) in [5.41, 5.74) is 1.19. The minimum absolute atomic E-state index is 0.0426. The van der Waals surface area contributed by atoms with Crippen molar-refractivity contribution in [3.8, 4) is 0 Å². The zero-order chi connectivity index (χ0) is 15.7. The Hall–Kier alpha value is -2.21. The summed E-state index contributed by atoms with van der Waals surface area (Å²) < 4.78 is 5.27. The van der Waals surface area contributed by atoms with Gasteiger partial charge in [0.1, 0.15) is 5.76 Å². The van der Waals surface area contributed by atoms with Gasteiger partial charge in [0.2, 0.25) is 5.91 Å². The van der Waals surface area contributed by atoms with Crippen LogP contribution < -0.4 is 10.6 Å². The normalized spacial score (nSPS) is 18.3. The molecule has 2 amide bonds. The molecule has 2 aromatic rings. The Morgan fingerprint density at radius 2 is 2.23 bits per heavy atom. The molecule has 2 unspecified atom stereocenters. The summed E-state index contributed by atoms with van der Waals surface area (Å²) in [5.74, 6) is 0.451. The molecule has 0 aliphatic carbocycles. The topological polar surface area (TPSA) is 71.3 Å². The number of carbonyl (C=O) groups excluding carboxylic acids is 2. The van der Waals surface area contributed by atoms with Crippen LogP contribution in [-0.2, 0) is 4.79 Å². The van der Waals surface area contributed by atoms with Crippen molar-refractivity contribution in [1.82, 2.24) is 5.32 Å². The third-order valence-electron chi connectivity index (χ3n) is 3.49. The number of nitrogens with one attached hydrogen (secondary N) is 2. The molecular formula is C16H16N2O3S. The Balaban J connectivity index is 1.76. The molecule has 0 saturated carbocycles. The molecule has 5 nitrogen and oxygen atoms in total. The summed E-state index contributed by atoms with van der Waals surface area (Å²) in [6.07, 6.45) is 1.57. The fraction of sp³-hybridized carbons (Fsp3) is 0.250. The lowest BCUT2D eigenvalue weighted by atomic mass is 10.1. The lowest BCUT2D eigenvalue weighted by Gasteiger charge is -2.22. The van der Waals surface area contributed by atoms with Gasteiger partial charge in [0.25, 0.3) is 5.91 Å². The van der Waals surface area contributed by atoms with E-state index in [0.717, 1.165) is 4.90 Å². The van der Waals surface area contributed by atoms with Gasteiger partial charge >= 0.3 is 0 Å². The molecule has 22 heavy (non-hydrogen) atoms. The fourth-order valence-corrected chi connectivity index (χ4v) is 3.17. The number of thioether (sulfide) groups is 1. The van der Waals surface area contributed by atoms with Gasteiger partial charge in [-0.15, -0.1) is 11.8 Å². The molecule has 0 radical (unpaired) electrons. The van der Waals surface area contributed by atoms with E-state index < -0.39 is 0 Å². The van der Waals surface area contributed by atoms with E-state index in [4.69, 9.17) is 4.42 Å². The molecule has 0 saturated heterocycles. The Kier molecular flexibility index (Phi) is 3.94. The maximum Gasteiger partial charge on any atom is 0.251 e. The van der Waals surface area contributed by atoms with Gasteiger partial charge in [-0.05, 0) is 44.2 Å². The molecule has 0 bridgehead atoms. The summed E-state index contributed by atoms with van der Waals surface area (Å²) in [6.45, 7) is 3.71. The quantitative estimate of drug-likeness (QED) is 0.912. The number of carbonyl (C=O) groups is 2. The summed E-state index contributed by atoms with van der Waals surface area (Å²) in [4.78, 5) is 25.0. The average Bonchev–Trinajstić information content (AvgIpc) is 3.02. The number of hydrogen-bond acceptors (Lipinski definition) is 4. The van der Waals surface area contributed by atoms with Crippen molar-refractivity contribution in [2.24, 2.45) is 0 Å². The van der Waals surface area contributed by atoms with Gasteiger partial charge in [-0.1, -0.05) is 0 Å². The first-order valence-electron chi connectivity index (χ1n) is 7.00. The Morgan fingerprint density at radius 3 is 2.95 bits per heavy atom. The molecule has 1 aliphatic heterocycles. The van der Waals surface area contributed by atoms with E-state index in [1.54, 1.807) is 24.5 Å². The van der Waals surface area contributed by atoms with Crippen LogP contribution in [0.2, 0.25) is 0 Å². The van der Waals surface area contributed by atoms with Crippen LogP contribution in [0.5, 0.6) is 0 Å². The SMILES string of the molecule is CC1Sc2ccc(C(=O)NC(C)c3ccco3)cc2NC1=O. The van der Waals surface area contributed by atoms with Crippen molar-refractivity contribution < 1.29 is 14.0 Å². The summed E-state index contributed by atoms with van der Waals surface area (Å²) in [5, 5.41) is 5.58. The minimum Gasteiger partial charge on any atom is -0.467 e. The molecule has 114 valence electrons. The highest BCUT2D eigenvalue weighted by Crippen LogP contribution is 2.35. The molecule has 2 N–H and O–H groups in total. The Morgan fingerprint density at radius 1 is 1.41 bits per heavy atom. The molecule has 0 fully saturated rings. The number of fused-ring (bicyclic) bond motifs is 1. The summed E-state index contributed by atoms with van der Waals surface area (Å²) >= 11 is 1.49. The zero-order valence-electron chi connectivity index (χ0n) is 12.3. The Bertz CT molecular complexity index is 712. The number of benzene rings is 1. The minimum atomic E-state index is -0.220. The molecule has 6 heteroatoms.